The minimum atomic E-state index is -1.04. The Bertz CT molecular complexity index is 843. The lowest BCUT2D eigenvalue weighted by Crippen LogP contribution is -1.96. The molecular weight excluding hydrogens is 459 g/mol. The van der Waals surface area contributed by atoms with Crippen LogP contribution in [0.4, 0.5) is 0 Å². The molecule has 0 spiro atoms. The van der Waals surface area contributed by atoms with Gasteiger partial charge >= 0.3 is 0 Å². The highest BCUT2D eigenvalue weighted by atomic mass is 127. The number of rotatable bonds is 2. The van der Waals surface area contributed by atoms with Crippen LogP contribution in [-0.2, 0) is 10.8 Å². The maximum atomic E-state index is 12.3. The average molecular weight is 471 g/mol. The average Bonchev–Trinajstić information content (AvgIpc) is 2.47. The van der Waals surface area contributed by atoms with Gasteiger partial charge in [-0.2, -0.15) is 0 Å². The Morgan fingerprint density at radius 2 is 1.62 bits per heavy atom. The summed E-state index contributed by atoms with van der Waals surface area (Å²) in [7, 11) is -1.04. The fraction of sp³-hybridized carbons (Fsp3) is 0.0588. The van der Waals surface area contributed by atoms with E-state index in [1.165, 1.54) is 3.57 Å². The van der Waals surface area contributed by atoms with Crippen LogP contribution < -0.4 is 0 Å². The second-order valence-electron chi connectivity index (χ2n) is 4.74. The quantitative estimate of drug-likeness (QED) is 0.445. The van der Waals surface area contributed by atoms with Crippen LogP contribution in [0.5, 0.6) is 0 Å². The highest BCUT2D eigenvalue weighted by Crippen LogP contribution is 2.35. The van der Waals surface area contributed by atoms with Crippen LogP contribution in [0.2, 0.25) is 0 Å². The summed E-state index contributed by atoms with van der Waals surface area (Å²) in [6.07, 6.45) is 1.75. The lowest BCUT2D eigenvalue weighted by molar-refractivity contribution is 0.687. The van der Waals surface area contributed by atoms with Gasteiger partial charge in [0.05, 0.1) is 15.7 Å². The molecule has 0 saturated carbocycles. The number of benzene rings is 3. The Kier molecular flexibility index (Phi) is 4.47. The molecule has 0 saturated heterocycles. The van der Waals surface area contributed by atoms with Crippen molar-refractivity contribution < 1.29 is 4.21 Å². The van der Waals surface area contributed by atoms with Crippen molar-refractivity contribution in [1.82, 2.24) is 0 Å². The van der Waals surface area contributed by atoms with Gasteiger partial charge in [-0.25, -0.2) is 0 Å². The molecule has 106 valence electrons. The largest absolute Gasteiger partial charge is 0.255 e. The van der Waals surface area contributed by atoms with Crippen molar-refractivity contribution in [3.63, 3.8) is 0 Å². The van der Waals surface area contributed by atoms with Crippen LogP contribution >= 0.6 is 38.5 Å². The van der Waals surface area contributed by atoms with E-state index in [9.17, 15) is 4.21 Å². The molecule has 0 radical (unpaired) electrons. The zero-order valence-corrected chi connectivity index (χ0v) is 15.8. The molecule has 4 heteroatoms. The molecule has 0 fully saturated rings. The van der Waals surface area contributed by atoms with Crippen molar-refractivity contribution in [2.24, 2.45) is 0 Å². The van der Waals surface area contributed by atoms with Crippen LogP contribution in [0.3, 0.4) is 0 Å². The van der Waals surface area contributed by atoms with Crippen molar-refractivity contribution in [3.8, 4) is 11.1 Å². The van der Waals surface area contributed by atoms with Gasteiger partial charge in [-0.3, -0.25) is 4.21 Å². The molecule has 0 aliphatic carbocycles. The predicted molar refractivity (Wildman–Crippen MR) is 102 cm³/mol. The second-order valence-corrected chi connectivity index (χ2v) is 8.14. The normalized spacial score (nSPS) is 12.5. The van der Waals surface area contributed by atoms with Crippen molar-refractivity contribution >= 4 is 60.1 Å². The number of fused-ring (bicyclic) bond motifs is 1. The van der Waals surface area contributed by atoms with Crippen LogP contribution in [-0.4, -0.2) is 10.5 Å². The molecule has 0 amide bonds. The summed E-state index contributed by atoms with van der Waals surface area (Å²) >= 11 is 5.81. The number of hydrogen-bond donors (Lipinski definition) is 0. The van der Waals surface area contributed by atoms with E-state index in [2.05, 4.69) is 68.9 Å². The van der Waals surface area contributed by atoms with Crippen molar-refractivity contribution in [2.45, 2.75) is 4.90 Å². The number of hydrogen-bond acceptors (Lipinski definition) is 1. The molecule has 21 heavy (non-hydrogen) atoms. The zero-order valence-electron chi connectivity index (χ0n) is 11.3. The molecule has 1 atom stereocenters. The van der Waals surface area contributed by atoms with E-state index >= 15 is 0 Å². The summed E-state index contributed by atoms with van der Waals surface area (Å²) in [6.45, 7) is 0. The van der Waals surface area contributed by atoms with E-state index in [1.54, 1.807) is 6.26 Å². The third kappa shape index (κ3) is 2.94. The van der Waals surface area contributed by atoms with E-state index < -0.39 is 10.8 Å². The van der Waals surface area contributed by atoms with E-state index in [-0.39, 0.29) is 0 Å². The maximum Gasteiger partial charge on any atom is 0.0542 e. The minimum Gasteiger partial charge on any atom is -0.255 e. The lowest BCUT2D eigenvalue weighted by Gasteiger charge is -2.13. The first kappa shape index (κ1) is 15.2. The first-order chi connectivity index (χ1) is 10.1. The van der Waals surface area contributed by atoms with Crippen LogP contribution in [0.15, 0.2) is 64.0 Å². The summed E-state index contributed by atoms with van der Waals surface area (Å²) in [6, 6.07) is 18.4. The Morgan fingerprint density at radius 3 is 2.24 bits per heavy atom. The molecule has 3 aromatic rings. The standard InChI is InChI=1S/C17H12BrIOS/c1-21(20)17-14-5-3-2-4-13(14)16(19)10-15(17)11-6-8-12(18)9-7-11/h2-10H,1H3. The molecular formula is C17H12BrIOS. The van der Waals surface area contributed by atoms with Gasteiger partial charge in [-0.1, -0.05) is 52.3 Å². The minimum absolute atomic E-state index is 0.910. The monoisotopic (exact) mass is 470 g/mol. The van der Waals surface area contributed by atoms with E-state index in [0.717, 1.165) is 31.3 Å². The van der Waals surface area contributed by atoms with E-state index in [4.69, 9.17) is 0 Å². The van der Waals surface area contributed by atoms with Crippen LogP contribution in [0.1, 0.15) is 0 Å². The lowest BCUT2D eigenvalue weighted by atomic mass is 10.0. The molecule has 3 aromatic carbocycles. The third-order valence-electron chi connectivity index (χ3n) is 3.39. The zero-order chi connectivity index (χ0) is 15.0. The Hall–Kier alpha value is -0.720. The van der Waals surface area contributed by atoms with Gasteiger partial charge in [-0.15, -0.1) is 0 Å². The van der Waals surface area contributed by atoms with E-state index in [1.807, 2.05) is 24.3 Å². The van der Waals surface area contributed by atoms with Gasteiger partial charge in [0.25, 0.3) is 0 Å². The molecule has 0 aromatic heterocycles. The van der Waals surface area contributed by atoms with Gasteiger partial charge in [0.2, 0.25) is 0 Å². The summed E-state index contributed by atoms with van der Waals surface area (Å²) in [4.78, 5) is 0.910. The van der Waals surface area contributed by atoms with Gasteiger partial charge in [0.15, 0.2) is 0 Å². The first-order valence-electron chi connectivity index (χ1n) is 6.38. The predicted octanol–water partition coefficient (Wildman–Crippen LogP) is 5.61. The first-order valence-corrected chi connectivity index (χ1v) is 9.81. The highest BCUT2D eigenvalue weighted by molar-refractivity contribution is 14.1. The molecule has 0 aliphatic heterocycles. The van der Waals surface area contributed by atoms with Crippen molar-refractivity contribution in [2.75, 3.05) is 6.26 Å². The van der Waals surface area contributed by atoms with E-state index in [0.29, 0.717) is 0 Å². The summed E-state index contributed by atoms with van der Waals surface area (Å²) < 4.78 is 14.5. The molecule has 0 bridgehead atoms. The van der Waals surface area contributed by atoms with Crippen molar-refractivity contribution in [1.29, 1.82) is 0 Å². The SMILES string of the molecule is CS(=O)c1c(-c2ccc(Br)cc2)cc(I)c2ccccc12. The Morgan fingerprint density at radius 1 is 1.00 bits per heavy atom. The second kappa shape index (κ2) is 6.18. The maximum absolute atomic E-state index is 12.3. The van der Waals surface area contributed by atoms with Gasteiger partial charge in [0.1, 0.15) is 0 Å². The third-order valence-corrected chi connectivity index (χ3v) is 5.82. The fourth-order valence-corrected chi connectivity index (χ4v) is 4.48. The van der Waals surface area contributed by atoms with Crippen LogP contribution in [0, 0.1) is 3.57 Å². The smallest absolute Gasteiger partial charge is 0.0542 e. The Balaban J connectivity index is 2.39. The molecule has 1 nitrogen and oxygen atoms in total. The molecule has 0 N–H and O–H groups in total. The van der Waals surface area contributed by atoms with Gasteiger partial charge in [-0.05, 0) is 62.7 Å². The van der Waals surface area contributed by atoms with Crippen LogP contribution in [0.25, 0.3) is 21.9 Å². The molecule has 3 rings (SSSR count). The van der Waals surface area contributed by atoms with Crippen molar-refractivity contribution in [3.05, 3.63) is 62.6 Å². The summed E-state index contributed by atoms with van der Waals surface area (Å²) in [5.41, 5.74) is 2.14. The molecule has 0 heterocycles. The molecule has 0 aliphatic rings. The molecule has 1 unspecified atom stereocenters. The van der Waals surface area contributed by atoms with Gasteiger partial charge < -0.3 is 0 Å². The highest BCUT2D eigenvalue weighted by Gasteiger charge is 2.15. The van der Waals surface area contributed by atoms with Gasteiger partial charge in [0, 0.05) is 14.3 Å². The fourth-order valence-electron chi connectivity index (χ4n) is 2.46. The topological polar surface area (TPSA) is 17.1 Å². The number of halogens is 2. The summed E-state index contributed by atoms with van der Waals surface area (Å²) in [5.74, 6) is 0. The summed E-state index contributed by atoms with van der Waals surface area (Å²) in [5, 5.41) is 2.23. The Labute approximate surface area is 148 Å².